The van der Waals surface area contributed by atoms with Crippen molar-refractivity contribution in [3.8, 4) is 0 Å². The summed E-state index contributed by atoms with van der Waals surface area (Å²) in [5, 5.41) is 9.97. The van der Waals surface area contributed by atoms with E-state index in [1.54, 1.807) is 0 Å². The van der Waals surface area contributed by atoms with Crippen LogP contribution in [0.3, 0.4) is 0 Å². The molecule has 2 heteroatoms. The molecule has 1 atom stereocenters. The molecule has 0 saturated carbocycles. The summed E-state index contributed by atoms with van der Waals surface area (Å²) >= 11 is 3.22. The van der Waals surface area contributed by atoms with Gasteiger partial charge in [-0.3, -0.25) is 0 Å². The number of hydrogen-bond acceptors (Lipinski definition) is 0. The molecule has 0 aromatic rings. The van der Waals surface area contributed by atoms with Crippen LogP contribution >= 0.6 is 15.9 Å². The van der Waals surface area contributed by atoms with Gasteiger partial charge in [-0.2, -0.15) is 0 Å². The SMILES string of the molecule is CCCC(Br)C[O]. The van der Waals surface area contributed by atoms with Crippen molar-refractivity contribution in [1.29, 1.82) is 0 Å². The van der Waals surface area contributed by atoms with Gasteiger partial charge in [0.2, 0.25) is 0 Å². The van der Waals surface area contributed by atoms with Gasteiger partial charge in [0.1, 0.15) is 0 Å². The summed E-state index contributed by atoms with van der Waals surface area (Å²) in [4.78, 5) is 0.206. The van der Waals surface area contributed by atoms with Crippen molar-refractivity contribution in [2.75, 3.05) is 6.61 Å². The Morgan fingerprint density at radius 3 is 2.43 bits per heavy atom. The standard InChI is InChI=1S/C5H10BrO/c1-2-3-5(6)4-7/h5H,2-4H2,1H3. The van der Waals surface area contributed by atoms with Crippen LogP contribution in [0.4, 0.5) is 0 Å². The molecule has 1 unspecified atom stereocenters. The van der Waals surface area contributed by atoms with Gasteiger partial charge in [-0.15, -0.1) is 0 Å². The molecule has 0 saturated heterocycles. The van der Waals surface area contributed by atoms with Crippen molar-refractivity contribution in [2.45, 2.75) is 24.6 Å². The first-order valence-electron chi connectivity index (χ1n) is 2.53. The molecule has 0 spiro atoms. The second-order valence-electron chi connectivity index (χ2n) is 1.55. The second-order valence-corrected chi connectivity index (χ2v) is 2.85. The van der Waals surface area contributed by atoms with Gasteiger partial charge in [-0.25, -0.2) is 5.11 Å². The Kier molecular flexibility index (Phi) is 4.88. The minimum absolute atomic E-state index is 0.00778. The second kappa shape index (κ2) is 4.60. The largest absolute Gasteiger partial charge is 0.236 e. The third-order valence-corrected chi connectivity index (χ3v) is 1.50. The van der Waals surface area contributed by atoms with Crippen molar-refractivity contribution >= 4 is 15.9 Å². The zero-order valence-corrected chi connectivity index (χ0v) is 6.07. The molecule has 0 aliphatic rings. The van der Waals surface area contributed by atoms with Crippen molar-refractivity contribution < 1.29 is 5.11 Å². The van der Waals surface area contributed by atoms with Crippen LogP contribution in [-0.4, -0.2) is 11.4 Å². The Balaban J connectivity index is 2.83. The fraction of sp³-hybridized carbons (Fsp3) is 1.00. The first-order valence-corrected chi connectivity index (χ1v) is 3.45. The van der Waals surface area contributed by atoms with Crippen LogP contribution in [-0.2, 0) is 5.11 Å². The maximum atomic E-state index is 9.97. The summed E-state index contributed by atoms with van der Waals surface area (Å²) in [5.74, 6) is 0. The lowest BCUT2D eigenvalue weighted by Gasteiger charge is -1.97. The van der Waals surface area contributed by atoms with E-state index in [4.69, 9.17) is 0 Å². The third kappa shape index (κ3) is 4.29. The molecule has 0 N–H and O–H groups in total. The molecule has 0 fully saturated rings. The number of alkyl halides is 1. The fourth-order valence-electron chi connectivity index (χ4n) is 0.397. The van der Waals surface area contributed by atoms with Gasteiger partial charge in [0.25, 0.3) is 0 Å². The molecule has 0 amide bonds. The predicted molar refractivity (Wildman–Crippen MR) is 33.2 cm³/mol. The molecule has 0 heterocycles. The van der Waals surface area contributed by atoms with Crippen LogP contribution in [0.1, 0.15) is 19.8 Å². The van der Waals surface area contributed by atoms with Gasteiger partial charge < -0.3 is 0 Å². The Labute approximate surface area is 52.9 Å². The fourth-order valence-corrected chi connectivity index (χ4v) is 0.854. The van der Waals surface area contributed by atoms with Crippen LogP contribution in [0.2, 0.25) is 0 Å². The Bertz CT molecular complexity index is 39.1. The number of rotatable bonds is 3. The molecular formula is C5H10BrO. The molecule has 0 aromatic heterocycles. The highest BCUT2D eigenvalue weighted by molar-refractivity contribution is 9.09. The molecule has 0 bridgehead atoms. The van der Waals surface area contributed by atoms with Gasteiger partial charge >= 0.3 is 0 Å². The molecule has 0 aliphatic carbocycles. The smallest absolute Gasteiger partial charge is 0.0947 e. The zero-order chi connectivity index (χ0) is 5.70. The first-order chi connectivity index (χ1) is 3.31. The van der Waals surface area contributed by atoms with Crippen LogP contribution in [0.25, 0.3) is 0 Å². The molecule has 43 valence electrons. The number of hydrogen-bond donors (Lipinski definition) is 0. The summed E-state index contributed by atoms with van der Waals surface area (Å²) in [6.45, 7) is 2.08. The maximum Gasteiger partial charge on any atom is 0.0947 e. The lowest BCUT2D eigenvalue weighted by Crippen LogP contribution is -2.00. The predicted octanol–water partition coefficient (Wildman–Crippen LogP) is 1.98. The maximum absolute atomic E-state index is 9.97. The van der Waals surface area contributed by atoms with Gasteiger partial charge in [0.05, 0.1) is 6.61 Å². The molecule has 0 aliphatic heterocycles. The molecule has 1 nitrogen and oxygen atoms in total. The van der Waals surface area contributed by atoms with E-state index in [2.05, 4.69) is 22.9 Å². The van der Waals surface area contributed by atoms with Crippen molar-refractivity contribution in [1.82, 2.24) is 0 Å². The van der Waals surface area contributed by atoms with E-state index in [-0.39, 0.29) is 11.4 Å². The minimum Gasteiger partial charge on any atom is -0.236 e. The van der Waals surface area contributed by atoms with Gasteiger partial charge in [0, 0.05) is 4.83 Å². The van der Waals surface area contributed by atoms with Crippen LogP contribution in [0.15, 0.2) is 0 Å². The quantitative estimate of drug-likeness (QED) is 0.571. The van der Waals surface area contributed by atoms with Gasteiger partial charge in [-0.05, 0) is 6.42 Å². The summed E-state index contributed by atoms with van der Waals surface area (Å²) in [5.41, 5.74) is 0. The number of halogens is 1. The van der Waals surface area contributed by atoms with Crippen LogP contribution < -0.4 is 0 Å². The molecular weight excluding hydrogens is 156 g/mol. The average Bonchev–Trinajstić information content (AvgIpc) is 1.68. The van der Waals surface area contributed by atoms with Crippen LogP contribution in [0, 0.1) is 0 Å². The topological polar surface area (TPSA) is 19.9 Å². The highest BCUT2D eigenvalue weighted by Crippen LogP contribution is 2.05. The van der Waals surface area contributed by atoms with Gasteiger partial charge in [-0.1, -0.05) is 29.3 Å². The van der Waals surface area contributed by atoms with E-state index < -0.39 is 0 Å². The Hall–Kier alpha value is 0.440. The Morgan fingerprint density at radius 2 is 2.29 bits per heavy atom. The van der Waals surface area contributed by atoms with E-state index in [0.29, 0.717) is 0 Å². The average molecular weight is 166 g/mol. The van der Waals surface area contributed by atoms with Gasteiger partial charge in [0.15, 0.2) is 0 Å². The lowest BCUT2D eigenvalue weighted by atomic mass is 10.3. The van der Waals surface area contributed by atoms with Crippen molar-refractivity contribution in [3.63, 3.8) is 0 Å². The normalized spacial score (nSPS) is 14.1. The van der Waals surface area contributed by atoms with E-state index in [9.17, 15) is 5.11 Å². The molecule has 0 rings (SSSR count). The van der Waals surface area contributed by atoms with Crippen LogP contribution in [0.5, 0.6) is 0 Å². The van der Waals surface area contributed by atoms with E-state index >= 15 is 0 Å². The Morgan fingerprint density at radius 1 is 1.71 bits per heavy atom. The summed E-state index contributed by atoms with van der Waals surface area (Å²) in [6.07, 6.45) is 2.10. The van der Waals surface area contributed by atoms with E-state index in [1.165, 1.54) is 0 Å². The monoisotopic (exact) mass is 165 g/mol. The van der Waals surface area contributed by atoms with E-state index in [0.717, 1.165) is 12.8 Å². The first kappa shape index (κ1) is 7.44. The molecule has 0 aromatic carbocycles. The summed E-state index contributed by atoms with van der Waals surface area (Å²) in [7, 11) is 0. The lowest BCUT2D eigenvalue weighted by molar-refractivity contribution is 0.193. The van der Waals surface area contributed by atoms with Crippen molar-refractivity contribution in [2.24, 2.45) is 0 Å². The third-order valence-electron chi connectivity index (χ3n) is 0.783. The van der Waals surface area contributed by atoms with Crippen molar-refractivity contribution in [3.05, 3.63) is 0 Å². The minimum atomic E-state index is 0.00778. The summed E-state index contributed by atoms with van der Waals surface area (Å²) in [6, 6.07) is 0. The summed E-state index contributed by atoms with van der Waals surface area (Å²) < 4.78 is 0. The zero-order valence-electron chi connectivity index (χ0n) is 4.48. The highest BCUT2D eigenvalue weighted by atomic mass is 79.9. The molecule has 1 radical (unpaired) electrons. The molecule has 7 heavy (non-hydrogen) atoms. The van der Waals surface area contributed by atoms with E-state index in [1.807, 2.05) is 0 Å². The highest BCUT2D eigenvalue weighted by Gasteiger charge is 1.97.